The summed E-state index contributed by atoms with van der Waals surface area (Å²) >= 11 is 6.14. The number of hydrogen-bond acceptors (Lipinski definition) is 4. The topological polar surface area (TPSA) is 90.0 Å². The van der Waals surface area contributed by atoms with Gasteiger partial charge in [-0.3, -0.25) is 19.7 Å². The minimum Gasteiger partial charge on any atom is -0.322 e. The van der Waals surface area contributed by atoms with Gasteiger partial charge in [0.15, 0.2) is 0 Å². The number of nitrogens with zero attached hydrogens (tertiary/aromatic N) is 3. The van der Waals surface area contributed by atoms with Crippen LogP contribution >= 0.6 is 11.6 Å². The number of amides is 5. The van der Waals surface area contributed by atoms with Crippen molar-refractivity contribution in [3.8, 4) is 0 Å². The first-order chi connectivity index (χ1) is 20.0. The van der Waals surface area contributed by atoms with Crippen molar-refractivity contribution in [2.75, 3.05) is 19.6 Å². The van der Waals surface area contributed by atoms with Gasteiger partial charge in [0.1, 0.15) is 11.9 Å². The first-order valence-electron chi connectivity index (χ1n) is 14.5. The third kappa shape index (κ3) is 5.42. The summed E-state index contributed by atoms with van der Waals surface area (Å²) in [4.78, 5) is 55.3. The Kier molecular flexibility index (Phi) is 7.33. The summed E-state index contributed by atoms with van der Waals surface area (Å²) < 4.78 is 15.2. The predicted molar refractivity (Wildman–Crippen MR) is 156 cm³/mol. The van der Waals surface area contributed by atoms with Crippen molar-refractivity contribution < 1.29 is 23.6 Å². The van der Waals surface area contributed by atoms with Crippen molar-refractivity contribution in [3.63, 3.8) is 0 Å². The van der Waals surface area contributed by atoms with E-state index in [4.69, 9.17) is 11.6 Å². The molecule has 42 heavy (non-hydrogen) atoms. The summed E-state index contributed by atoms with van der Waals surface area (Å²) in [6.07, 6.45) is 3.24. The minimum absolute atomic E-state index is 0.0419. The zero-order valence-electron chi connectivity index (χ0n) is 23.8. The summed E-state index contributed by atoms with van der Waals surface area (Å²) in [6.45, 7) is 6.51. The number of urea groups is 1. The fourth-order valence-electron chi connectivity index (χ4n) is 6.65. The SMILES string of the molecule is CC1(C)CCC(CN2CCN(Cc3cc(F)c4c(c3)CN(C3CCC(=O)NC3=O)C4=O)C2=O)=C(c2ccc(Cl)cc2)C1. The van der Waals surface area contributed by atoms with Crippen LogP contribution in [0.1, 0.15) is 73.0 Å². The van der Waals surface area contributed by atoms with Gasteiger partial charge in [0.25, 0.3) is 5.91 Å². The van der Waals surface area contributed by atoms with E-state index in [-0.39, 0.29) is 48.8 Å². The van der Waals surface area contributed by atoms with Gasteiger partial charge < -0.3 is 14.7 Å². The van der Waals surface area contributed by atoms with Crippen molar-refractivity contribution in [1.29, 1.82) is 0 Å². The molecule has 1 aliphatic carbocycles. The molecule has 2 saturated heterocycles. The Morgan fingerprint density at radius 3 is 2.43 bits per heavy atom. The van der Waals surface area contributed by atoms with Crippen LogP contribution in [0.4, 0.5) is 9.18 Å². The molecule has 3 aliphatic heterocycles. The van der Waals surface area contributed by atoms with Crippen LogP contribution in [-0.2, 0) is 22.7 Å². The predicted octanol–water partition coefficient (Wildman–Crippen LogP) is 5.14. The molecule has 2 aromatic carbocycles. The molecule has 1 atom stereocenters. The van der Waals surface area contributed by atoms with Gasteiger partial charge in [-0.1, -0.05) is 43.6 Å². The van der Waals surface area contributed by atoms with Gasteiger partial charge in [0.2, 0.25) is 11.8 Å². The average Bonchev–Trinajstić information content (AvgIpc) is 3.44. The van der Waals surface area contributed by atoms with Crippen molar-refractivity contribution >= 4 is 40.9 Å². The molecule has 3 heterocycles. The van der Waals surface area contributed by atoms with Crippen molar-refractivity contribution in [1.82, 2.24) is 20.0 Å². The van der Waals surface area contributed by atoms with Gasteiger partial charge in [0, 0.05) is 44.2 Å². The molecule has 0 bridgehead atoms. The van der Waals surface area contributed by atoms with Gasteiger partial charge in [-0.05, 0) is 77.1 Å². The molecule has 0 radical (unpaired) electrons. The number of fused-ring (bicyclic) bond motifs is 1. The van der Waals surface area contributed by atoms with Crippen LogP contribution in [0.15, 0.2) is 42.0 Å². The zero-order chi connectivity index (χ0) is 29.8. The molecule has 2 fully saturated rings. The maximum atomic E-state index is 15.2. The second-order valence-electron chi connectivity index (χ2n) is 12.6. The van der Waals surface area contributed by atoms with E-state index in [0.717, 1.165) is 24.8 Å². The summed E-state index contributed by atoms with van der Waals surface area (Å²) in [7, 11) is 0. The second kappa shape index (κ2) is 10.8. The lowest BCUT2D eigenvalue weighted by molar-refractivity contribution is -0.136. The molecule has 10 heteroatoms. The lowest BCUT2D eigenvalue weighted by atomic mass is 9.72. The number of piperidine rings is 1. The Morgan fingerprint density at radius 1 is 1.00 bits per heavy atom. The molecular formula is C32H34ClFN4O4. The van der Waals surface area contributed by atoms with Crippen LogP contribution in [0.5, 0.6) is 0 Å². The molecular weight excluding hydrogens is 559 g/mol. The number of imide groups is 1. The van der Waals surface area contributed by atoms with Crippen molar-refractivity contribution in [2.45, 2.75) is 65.1 Å². The Morgan fingerprint density at radius 2 is 1.71 bits per heavy atom. The van der Waals surface area contributed by atoms with E-state index in [2.05, 4.69) is 19.2 Å². The highest BCUT2D eigenvalue weighted by atomic mass is 35.5. The highest BCUT2D eigenvalue weighted by Crippen LogP contribution is 2.43. The first-order valence-corrected chi connectivity index (χ1v) is 14.8. The summed E-state index contributed by atoms with van der Waals surface area (Å²) in [5.41, 5.74) is 4.90. The Hall–Kier alpha value is -3.72. The number of nitrogens with one attached hydrogen (secondary N) is 1. The van der Waals surface area contributed by atoms with E-state index in [1.165, 1.54) is 22.1 Å². The third-order valence-corrected chi connectivity index (χ3v) is 9.20. The van der Waals surface area contributed by atoms with Gasteiger partial charge in [-0.15, -0.1) is 0 Å². The van der Waals surface area contributed by atoms with E-state index in [1.807, 2.05) is 29.2 Å². The molecule has 0 spiro atoms. The Bertz CT molecular complexity index is 1520. The van der Waals surface area contributed by atoms with E-state index >= 15 is 4.39 Å². The van der Waals surface area contributed by atoms with Crippen LogP contribution in [0.25, 0.3) is 5.57 Å². The number of allylic oxidation sites excluding steroid dienone is 1. The quantitative estimate of drug-likeness (QED) is 0.470. The van der Waals surface area contributed by atoms with Gasteiger partial charge >= 0.3 is 6.03 Å². The zero-order valence-corrected chi connectivity index (χ0v) is 24.6. The molecule has 0 aromatic heterocycles. The minimum atomic E-state index is -0.809. The van der Waals surface area contributed by atoms with Crippen LogP contribution in [0, 0.1) is 11.2 Å². The molecule has 8 nitrogen and oxygen atoms in total. The highest BCUT2D eigenvalue weighted by molar-refractivity contribution is 6.30. The molecule has 4 aliphatic rings. The van der Waals surface area contributed by atoms with Crippen molar-refractivity contribution in [3.05, 3.63) is 75.1 Å². The molecule has 5 amide bonds. The van der Waals surface area contributed by atoms with Gasteiger partial charge in [0.05, 0.1) is 5.56 Å². The fraction of sp³-hybridized carbons (Fsp3) is 0.438. The molecule has 220 valence electrons. The molecule has 6 rings (SSSR count). The molecule has 1 N–H and O–H groups in total. The maximum Gasteiger partial charge on any atom is 0.320 e. The number of carbonyl (C=O) groups excluding carboxylic acids is 4. The smallest absolute Gasteiger partial charge is 0.320 e. The largest absolute Gasteiger partial charge is 0.322 e. The standard InChI is InChI=1S/C32H34ClFN4O4/c1-32(2)10-9-21(24(15-32)20-3-5-23(33)6-4-20)17-37-12-11-36(31(37)42)16-19-13-22-18-38(30(41)28(22)25(34)14-19)26-7-8-27(39)35-29(26)40/h3-6,13-14,26H,7-12,15-18H2,1-2H3,(H,35,39,40). The number of halogens is 2. The summed E-state index contributed by atoms with van der Waals surface area (Å²) in [5, 5.41) is 2.95. The van der Waals surface area contributed by atoms with Crippen LogP contribution in [0.2, 0.25) is 5.02 Å². The summed E-state index contributed by atoms with van der Waals surface area (Å²) in [5.74, 6) is -2.12. The average molecular weight is 593 g/mol. The first kappa shape index (κ1) is 28.4. The highest BCUT2D eigenvalue weighted by Gasteiger charge is 2.41. The lowest BCUT2D eigenvalue weighted by Crippen LogP contribution is -2.52. The monoisotopic (exact) mass is 592 g/mol. The lowest BCUT2D eigenvalue weighted by Gasteiger charge is -2.35. The van der Waals surface area contributed by atoms with Gasteiger partial charge in [-0.25, -0.2) is 9.18 Å². The Balaban J connectivity index is 1.16. The number of rotatable bonds is 6. The number of carbonyl (C=O) groups is 4. The molecule has 1 unspecified atom stereocenters. The number of hydrogen-bond donors (Lipinski definition) is 1. The summed E-state index contributed by atoms with van der Waals surface area (Å²) in [6, 6.07) is 10.1. The maximum absolute atomic E-state index is 15.2. The number of benzene rings is 2. The van der Waals surface area contributed by atoms with Crippen LogP contribution in [-0.4, -0.2) is 64.1 Å². The van der Waals surface area contributed by atoms with E-state index in [1.54, 1.807) is 11.0 Å². The third-order valence-electron chi connectivity index (χ3n) is 8.95. The van der Waals surface area contributed by atoms with E-state index in [9.17, 15) is 19.2 Å². The second-order valence-corrected chi connectivity index (χ2v) is 13.0. The van der Waals surface area contributed by atoms with Gasteiger partial charge in [-0.2, -0.15) is 0 Å². The molecule has 0 saturated carbocycles. The van der Waals surface area contributed by atoms with Crippen molar-refractivity contribution in [2.24, 2.45) is 5.41 Å². The molecule has 2 aromatic rings. The van der Waals surface area contributed by atoms with E-state index < -0.39 is 23.7 Å². The normalized spacial score (nSPS) is 22.3. The van der Waals surface area contributed by atoms with Crippen LogP contribution in [0.3, 0.4) is 0 Å². The Labute approximate surface area is 249 Å². The fourth-order valence-corrected chi connectivity index (χ4v) is 6.78. The van der Waals surface area contributed by atoms with E-state index in [0.29, 0.717) is 35.8 Å². The van der Waals surface area contributed by atoms with Crippen LogP contribution < -0.4 is 5.32 Å².